The quantitative estimate of drug-likeness (QED) is 0.0215. The molecule has 11 heteroatoms. The summed E-state index contributed by atoms with van der Waals surface area (Å²) in [6.07, 6.45) is 65.2. The first-order valence-electron chi connectivity index (χ1n) is 35.4. The lowest BCUT2D eigenvalue weighted by molar-refractivity contribution is -0.303. The normalized spacial score (nSPS) is 19.3. The number of hydrogen-bond donors (Lipinski definition) is 8. The van der Waals surface area contributed by atoms with Crippen molar-refractivity contribution in [2.24, 2.45) is 0 Å². The van der Waals surface area contributed by atoms with E-state index in [9.17, 15) is 40.5 Å². The van der Waals surface area contributed by atoms with Crippen molar-refractivity contribution in [3.05, 3.63) is 36.5 Å². The van der Waals surface area contributed by atoms with Gasteiger partial charge in [-0.2, -0.15) is 0 Å². The van der Waals surface area contributed by atoms with E-state index in [1.54, 1.807) is 0 Å². The Labute approximate surface area is 505 Å². The Balaban J connectivity index is 2.21. The molecule has 0 aromatic rings. The van der Waals surface area contributed by atoms with E-state index in [1.807, 2.05) is 0 Å². The molecule has 1 heterocycles. The first-order chi connectivity index (χ1) is 40.2. The van der Waals surface area contributed by atoms with Crippen LogP contribution in [0.1, 0.15) is 341 Å². The molecule has 11 nitrogen and oxygen atoms in total. The van der Waals surface area contributed by atoms with E-state index in [0.29, 0.717) is 19.3 Å². The Bertz CT molecular complexity index is 1430. The van der Waals surface area contributed by atoms with Crippen molar-refractivity contribution >= 4 is 5.91 Å². The molecule has 1 saturated heterocycles. The molecule has 1 rings (SSSR count). The Hall–Kier alpha value is -1.67. The van der Waals surface area contributed by atoms with E-state index in [0.717, 1.165) is 38.5 Å². The number of carbonyl (C=O) groups excluding carboxylic acids is 1. The van der Waals surface area contributed by atoms with Gasteiger partial charge in [0.1, 0.15) is 36.6 Å². The molecule has 1 amide bonds. The number of rotatable bonds is 62. The number of allylic oxidation sites excluding steroid dienone is 6. The van der Waals surface area contributed by atoms with Crippen LogP contribution in [0.3, 0.4) is 0 Å². The van der Waals surface area contributed by atoms with Gasteiger partial charge in [0.25, 0.3) is 0 Å². The lowest BCUT2D eigenvalue weighted by Crippen LogP contribution is -2.60. The van der Waals surface area contributed by atoms with E-state index in [1.165, 1.54) is 257 Å². The summed E-state index contributed by atoms with van der Waals surface area (Å²) in [5.41, 5.74) is 0. The molecule has 1 aliphatic heterocycles. The monoisotopic (exact) mass is 1160 g/mol. The molecular formula is C71H135NO10. The van der Waals surface area contributed by atoms with Gasteiger partial charge in [-0.15, -0.1) is 0 Å². The topological polar surface area (TPSA) is 189 Å². The van der Waals surface area contributed by atoms with Crippen LogP contribution in [0.5, 0.6) is 0 Å². The molecule has 0 aromatic heterocycles. The molecule has 9 unspecified atom stereocenters. The fourth-order valence-corrected chi connectivity index (χ4v) is 11.5. The number of unbranched alkanes of at least 4 members (excludes halogenated alkanes) is 44. The molecule has 0 saturated carbocycles. The van der Waals surface area contributed by atoms with Crippen molar-refractivity contribution in [1.82, 2.24) is 5.32 Å². The highest BCUT2D eigenvalue weighted by Crippen LogP contribution is 2.24. The lowest BCUT2D eigenvalue weighted by Gasteiger charge is -2.40. The van der Waals surface area contributed by atoms with Crippen LogP contribution < -0.4 is 5.32 Å². The number of carbonyl (C=O) groups is 1. The van der Waals surface area contributed by atoms with Gasteiger partial charge >= 0.3 is 0 Å². The molecule has 1 aliphatic rings. The van der Waals surface area contributed by atoms with Gasteiger partial charge in [0.2, 0.25) is 5.91 Å². The summed E-state index contributed by atoms with van der Waals surface area (Å²) in [6.45, 7) is 3.49. The molecular weight excluding hydrogens is 1030 g/mol. The predicted octanol–water partition coefficient (Wildman–Crippen LogP) is 17.0. The zero-order chi connectivity index (χ0) is 59.6. The minimum atomic E-state index is -1.67. The van der Waals surface area contributed by atoms with Crippen LogP contribution in [0.15, 0.2) is 36.5 Å². The molecule has 1 fully saturated rings. The molecule has 0 spiro atoms. The first kappa shape index (κ1) is 78.3. The summed E-state index contributed by atoms with van der Waals surface area (Å²) in [5.74, 6) is -0.705. The Morgan fingerprint density at radius 3 is 1.09 bits per heavy atom. The summed E-state index contributed by atoms with van der Waals surface area (Å²) in [4.78, 5) is 13.2. The van der Waals surface area contributed by atoms with Crippen LogP contribution in [-0.4, -0.2) is 110 Å². The van der Waals surface area contributed by atoms with E-state index in [4.69, 9.17) is 9.47 Å². The highest BCUT2D eigenvalue weighted by Gasteiger charge is 2.44. The van der Waals surface area contributed by atoms with E-state index in [2.05, 4.69) is 55.6 Å². The van der Waals surface area contributed by atoms with Gasteiger partial charge in [0, 0.05) is 0 Å². The smallest absolute Gasteiger partial charge is 0.249 e. The summed E-state index contributed by atoms with van der Waals surface area (Å²) in [7, 11) is 0. The van der Waals surface area contributed by atoms with Crippen molar-refractivity contribution in [3.8, 4) is 0 Å². The third kappa shape index (κ3) is 46.5. The average molecular weight is 1160 g/mol. The maximum absolute atomic E-state index is 13.2. The largest absolute Gasteiger partial charge is 0.394 e. The molecule has 82 heavy (non-hydrogen) atoms. The van der Waals surface area contributed by atoms with Crippen molar-refractivity contribution in [2.75, 3.05) is 13.2 Å². The Kier molecular flexibility index (Phi) is 57.0. The van der Waals surface area contributed by atoms with Crippen LogP contribution in [0.4, 0.5) is 0 Å². The van der Waals surface area contributed by atoms with Crippen LogP contribution in [0.25, 0.3) is 0 Å². The first-order valence-corrected chi connectivity index (χ1v) is 35.4. The second kappa shape index (κ2) is 59.7. The maximum atomic E-state index is 13.2. The summed E-state index contributed by atoms with van der Waals surface area (Å²) in [6, 6.07) is -1.19. The highest BCUT2D eigenvalue weighted by atomic mass is 16.7. The van der Waals surface area contributed by atoms with E-state index >= 15 is 0 Å². The van der Waals surface area contributed by atoms with Gasteiger partial charge in [0.05, 0.1) is 25.4 Å². The van der Waals surface area contributed by atoms with Gasteiger partial charge in [0.15, 0.2) is 6.29 Å². The van der Waals surface area contributed by atoms with Crippen molar-refractivity contribution in [3.63, 3.8) is 0 Å². The molecule has 484 valence electrons. The fraction of sp³-hybridized carbons (Fsp3) is 0.901. The highest BCUT2D eigenvalue weighted by molar-refractivity contribution is 5.80. The van der Waals surface area contributed by atoms with Crippen LogP contribution >= 0.6 is 0 Å². The molecule has 0 radical (unpaired) electrons. The third-order valence-corrected chi connectivity index (χ3v) is 17.1. The van der Waals surface area contributed by atoms with Crippen LogP contribution in [0, 0.1) is 0 Å². The van der Waals surface area contributed by atoms with Crippen molar-refractivity contribution in [2.45, 2.75) is 396 Å². The van der Waals surface area contributed by atoms with Crippen LogP contribution in [0.2, 0.25) is 0 Å². The molecule has 9 atom stereocenters. The molecule has 0 bridgehead atoms. The van der Waals surface area contributed by atoms with E-state index in [-0.39, 0.29) is 12.8 Å². The second-order valence-corrected chi connectivity index (χ2v) is 24.9. The van der Waals surface area contributed by atoms with Crippen LogP contribution in [-0.2, 0) is 14.3 Å². The fourth-order valence-electron chi connectivity index (χ4n) is 11.5. The number of nitrogens with one attached hydrogen (secondary N) is 1. The summed E-state index contributed by atoms with van der Waals surface area (Å²) in [5, 5.41) is 76.5. The molecule has 8 N–H and O–H groups in total. The Morgan fingerprint density at radius 1 is 0.415 bits per heavy atom. The van der Waals surface area contributed by atoms with Gasteiger partial charge in [-0.25, -0.2) is 0 Å². The van der Waals surface area contributed by atoms with Gasteiger partial charge in [-0.1, -0.05) is 301 Å². The molecule has 0 aliphatic carbocycles. The molecule has 0 aromatic carbocycles. The van der Waals surface area contributed by atoms with Gasteiger partial charge in [-0.3, -0.25) is 4.79 Å². The predicted molar refractivity (Wildman–Crippen MR) is 344 cm³/mol. The zero-order valence-electron chi connectivity index (χ0n) is 53.5. The maximum Gasteiger partial charge on any atom is 0.249 e. The number of aliphatic hydroxyl groups is 7. The summed E-state index contributed by atoms with van der Waals surface area (Å²) >= 11 is 0. The average Bonchev–Trinajstić information content (AvgIpc) is 3.53. The standard InChI is InChI=1S/C71H135NO10/c1-3-5-7-9-11-13-15-17-19-21-23-25-27-29-30-31-32-33-34-35-37-39-41-43-45-47-49-51-53-55-57-59-64(75)70(80)72-62(61-81-71-69(79)68(78)67(77)65(60-73)82-71)66(76)63(74)58-56-54-52-50-48-46-44-42-40-38-36-28-26-24-22-20-18-16-14-12-10-8-6-4-2/h29-30,42,44,50,52,62-69,71,73-79H,3-28,31-41,43,45-49,51,53-61H2,1-2H3,(H,72,80)/b30-29-,44-42+,52-50+. The number of amides is 1. The van der Waals surface area contributed by atoms with Crippen molar-refractivity contribution < 1.29 is 50.0 Å². The zero-order valence-corrected chi connectivity index (χ0v) is 53.5. The third-order valence-electron chi connectivity index (χ3n) is 17.1. The number of aliphatic hydroxyl groups excluding tert-OH is 7. The minimum Gasteiger partial charge on any atom is -0.394 e. The van der Waals surface area contributed by atoms with E-state index < -0.39 is 74.2 Å². The lowest BCUT2D eigenvalue weighted by atomic mass is 9.98. The van der Waals surface area contributed by atoms with Crippen molar-refractivity contribution in [1.29, 1.82) is 0 Å². The second-order valence-electron chi connectivity index (χ2n) is 24.9. The SMILES string of the molecule is CCCCCCCCCCCCCC/C=C\CCCCCCCCCCCCCCCCCC(O)C(=O)NC(COC1OC(CO)C(O)C(O)C1O)C(O)C(O)CCC/C=C/CC/C=C/CCCCCCCCCCCCCCCCC. The summed E-state index contributed by atoms with van der Waals surface area (Å²) < 4.78 is 11.2. The number of hydrogen-bond acceptors (Lipinski definition) is 10. The van der Waals surface area contributed by atoms with Gasteiger partial charge < -0.3 is 50.5 Å². The van der Waals surface area contributed by atoms with Gasteiger partial charge in [-0.05, 0) is 77.0 Å². The number of ether oxygens (including phenoxy) is 2. The minimum absolute atomic E-state index is 0.248. The Morgan fingerprint density at radius 2 is 0.732 bits per heavy atom.